The van der Waals surface area contributed by atoms with Crippen LogP contribution in [0.5, 0.6) is 0 Å². The van der Waals surface area contributed by atoms with Crippen molar-refractivity contribution in [3.05, 3.63) is 36.0 Å². The van der Waals surface area contributed by atoms with Crippen molar-refractivity contribution in [1.29, 1.82) is 0 Å². The van der Waals surface area contributed by atoms with Gasteiger partial charge >= 0.3 is 0 Å². The summed E-state index contributed by atoms with van der Waals surface area (Å²) in [5.41, 5.74) is 0.124. The second-order valence-electron chi connectivity index (χ2n) is 3.03. The molecule has 0 saturated heterocycles. The van der Waals surface area contributed by atoms with E-state index in [1.165, 1.54) is 25.3 Å². The SMILES string of the molecule is CC(=O)n1ccc2cc(F)cc(F)c21. The zero-order valence-corrected chi connectivity index (χ0v) is 7.42. The predicted octanol–water partition coefficient (Wildman–Crippen LogP) is 2.58. The standard InChI is InChI=1S/C10H7F2NO/c1-6(14)13-3-2-7-4-8(11)5-9(12)10(7)13/h2-5H,1H3. The second kappa shape index (κ2) is 2.90. The first-order valence-electron chi connectivity index (χ1n) is 4.06. The molecule has 0 bridgehead atoms. The molecule has 72 valence electrons. The molecule has 1 aromatic heterocycles. The molecule has 0 spiro atoms. The van der Waals surface area contributed by atoms with Crippen LogP contribution in [0.1, 0.15) is 11.7 Å². The van der Waals surface area contributed by atoms with E-state index in [4.69, 9.17) is 0 Å². The van der Waals surface area contributed by atoms with Crippen LogP contribution in [0.25, 0.3) is 10.9 Å². The lowest BCUT2D eigenvalue weighted by molar-refractivity contribution is 0.0941. The Labute approximate surface area is 78.8 Å². The maximum absolute atomic E-state index is 13.3. The third-order valence-corrected chi connectivity index (χ3v) is 2.04. The van der Waals surface area contributed by atoms with Gasteiger partial charge in [0.05, 0.1) is 5.52 Å². The molecule has 4 heteroatoms. The largest absolute Gasteiger partial charge is 0.285 e. The third kappa shape index (κ3) is 1.19. The number of carbonyl (C=O) groups excluding carboxylic acids is 1. The van der Waals surface area contributed by atoms with Gasteiger partial charge in [-0.1, -0.05) is 0 Å². The van der Waals surface area contributed by atoms with Gasteiger partial charge in [0.2, 0.25) is 5.91 Å². The summed E-state index contributed by atoms with van der Waals surface area (Å²) >= 11 is 0. The molecule has 0 N–H and O–H groups in total. The van der Waals surface area contributed by atoms with E-state index in [9.17, 15) is 13.6 Å². The average Bonchev–Trinajstić information content (AvgIpc) is 2.47. The van der Waals surface area contributed by atoms with E-state index in [-0.39, 0.29) is 11.4 Å². The highest BCUT2D eigenvalue weighted by Crippen LogP contribution is 2.20. The normalized spacial score (nSPS) is 10.8. The van der Waals surface area contributed by atoms with E-state index in [1.807, 2.05) is 0 Å². The molecule has 14 heavy (non-hydrogen) atoms. The number of rotatable bonds is 0. The van der Waals surface area contributed by atoms with E-state index >= 15 is 0 Å². The molecule has 2 rings (SSSR count). The summed E-state index contributed by atoms with van der Waals surface area (Å²) in [5, 5.41) is 0.387. The van der Waals surface area contributed by atoms with Crippen LogP contribution in [0, 0.1) is 11.6 Å². The lowest BCUT2D eigenvalue weighted by atomic mass is 10.2. The van der Waals surface area contributed by atoms with Gasteiger partial charge in [-0.2, -0.15) is 0 Å². The summed E-state index contributed by atoms with van der Waals surface area (Å²) in [6.45, 7) is 1.32. The number of hydrogen-bond acceptors (Lipinski definition) is 1. The molecule has 0 atom stereocenters. The van der Waals surface area contributed by atoms with Gasteiger partial charge in [0, 0.05) is 24.6 Å². The average molecular weight is 195 g/mol. The highest BCUT2D eigenvalue weighted by molar-refractivity contribution is 5.91. The zero-order valence-electron chi connectivity index (χ0n) is 7.42. The summed E-state index contributed by atoms with van der Waals surface area (Å²) in [6.07, 6.45) is 1.43. The van der Waals surface area contributed by atoms with Crippen LogP contribution in [0.2, 0.25) is 0 Å². The van der Waals surface area contributed by atoms with Gasteiger partial charge in [0.1, 0.15) is 5.82 Å². The fourth-order valence-electron chi connectivity index (χ4n) is 1.46. The van der Waals surface area contributed by atoms with E-state index in [1.54, 1.807) is 0 Å². The van der Waals surface area contributed by atoms with E-state index in [2.05, 4.69) is 0 Å². The maximum atomic E-state index is 13.3. The first kappa shape index (κ1) is 8.87. The first-order chi connectivity index (χ1) is 6.59. The maximum Gasteiger partial charge on any atom is 0.228 e. The van der Waals surface area contributed by atoms with Gasteiger partial charge in [-0.15, -0.1) is 0 Å². The predicted molar refractivity (Wildman–Crippen MR) is 48.2 cm³/mol. The lowest BCUT2D eigenvalue weighted by Gasteiger charge is -2.00. The Morgan fingerprint density at radius 2 is 2.07 bits per heavy atom. The van der Waals surface area contributed by atoms with Crippen molar-refractivity contribution >= 4 is 16.8 Å². The number of halogens is 2. The van der Waals surface area contributed by atoms with Crippen molar-refractivity contribution in [2.45, 2.75) is 6.92 Å². The topological polar surface area (TPSA) is 22.0 Å². The molecule has 0 fully saturated rings. The van der Waals surface area contributed by atoms with Crippen molar-refractivity contribution in [2.24, 2.45) is 0 Å². The molecule has 2 nitrogen and oxygen atoms in total. The first-order valence-corrected chi connectivity index (χ1v) is 4.06. The molecule has 0 aliphatic carbocycles. The molecule has 0 radical (unpaired) electrons. The molecule has 0 aliphatic heterocycles. The molecule has 0 unspecified atom stereocenters. The molecule has 2 aromatic rings. The van der Waals surface area contributed by atoms with Gasteiger partial charge in [-0.25, -0.2) is 8.78 Å². The third-order valence-electron chi connectivity index (χ3n) is 2.04. The Hall–Kier alpha value is -1.71. The van der Waals surface area contributed by atoms with Gasteiger partial charge in [-0.3, -0.25) is 9.36 Å². The van der Waals surface area contributed by atoms with Gasteiger partial charge in [-0.05, 0) is 12.1 Å². The van der Waals surface area contributed by atoms with Crippen LogP contribution >= 0.6 is 0 Å². The molecule has 0 amide bonds. The number of benzene rings is 1. The summed E-state index contributed by atoms with van der Waals surface area (Å²) in [6, 6.07) is 3.46. The van der Waals surface area contributed by atoms with Crippen LogP contribution < -0.4 is 0 Å². The van der Waals surface area contributed by atoms with Gasteiger partial charge in [0.25, 0.3) is 0 Å². The Balaban J connectivity index is 2.85. The van der Waals surface area contributed by atoms with Gasteiger partial charge < -0.3 is 0 Å². The van der Waals surface area contributed by atoms with Crippen molar-refractivity contribution in [1.82, 2.24) is 4.57 Å². The van der Waals surface area contributed by atoms with E-state index < -0.39 is 11.6 Å². The summed E-state index contributed by atoms with van der Waals surface area (Å²) in [5.74, 6) is -1.66. The van der Waals surface area contributed by atoms with Crippen LogP contribution in [0.15, 0.2) is 24.4 Å². The summed E-state index contributed by atoms with van der Waals surface area (Å²) in [4.78, 5) is 11.1. The molecule has 0 saturated carbocycles. The second-order valence-corrected chi connectivity index (χ2v) is 3.03. The Morgan fingerprint density at radius 1 is 1.36 bits per heavy atom. The molecule has 1 heterocycles. The summed E-state index contributed by atoms with van der Waals surface area (Å²) in [7, 11) is 0. The van der Waals surface area contributed by atoms with Gasteiger partial charge in [0.15, 0.2) is 5.82 Å². The molecule has 1 aromatic carbocycles. The number of aromatic nitrogens is 1. The Bertz CT molecular complexity index is 516. The number of fused-ring (bicyclic) bond motifs is 1. The Kier molecular flexibility index (Phi) is 1.84. The van der Waals surface area contributed by atoms with E-state index in [0.29, 0.717) is 5.39 Å². The smallest absolute Gasteiger partial charge is 0.228 e. The number of hydrogen-bond donors (Lipinski definition) is 0. The van der Waals surface area contributed by atoms with Crippen LogP contribution in [0.3, 0.4) is 0 Å². The highest BCUT2D eigenvalue weighted by Gasteiger charge is 2.10. The quantitative estimate of drug-likeness (QED) is 0.633. The van der Waals surface area contributed by atoms with Crippen molar-refractivity contribution < 1.29 is 13.6 Å². The summed E-state index contributed by atoms with van der Waals surface area (Å²) < 4.78 is 27.2. The number of carbonyl (C=O) groups is 1. The minimum Gasteiger partial charge on any atom is -0.285 e. The molecular formula is C10H7F2NO. The highest BCUT2D eigenvalue weighted by atomic mass is 19.1. The zero-order chi connectivity index (χ0) is 10.3. The van der Waals surface area contributed by atoms with Crippen LogP contribution in [0.4, 0.5) is 8.78 Å². The van der Waals surface area contributed by atoms with Crippen LogP contribution in [-0.2, 0) is 0 Å². The Morgan fingerprint density at radius 3 is 2.71 bits per heavy atom. The minimum atomic E-state index is -0.722. The van der Waals surface area contributed by atoms with Crippen molar-refractivity contribution in [2.75, 3.05) is 0 Å². The van der Waals surface area contributed by atoms with Crippen LogP contribution in [-0.4, -0.2) is 10.5 Å². The fraction of sp³-hybridized carbons (Fsp3) is 0.100. The number of nitrogens with zero attached hydrogens (tertiary/aromatic N) is 1. The molecule has 0 aliphatic rings. The fourth-order valence-corrected chi connectivity index (χ4v) is 1.46. The van der Waals surface area contributed by atoms with Crippen molar-refractivity contribution in [3.8, 4) is 0 Å². The minimum absolute atomic E-state index is 0.124. The molecular weight excluding hydrogens is 188 g/mol. The van der Waals surface area contributed by atoms with Crippen molar-refractivity contribution in [3.63, 3.8) is 0 Å². The van der Waals surface area contributed by atoms with E-state index in [0.717, 1.165) is 10.6 Å². The lowest BCUT2D eigenvalue weighted by Crippen LogP contribution is -2.04. The monoisotopic (exact) mass is 195 g/mol.